The van der Waals surface area contributed by atoms with E-state index < -0.39 is 29.0 Å². The van der Waals surface area contributed by atoms with Crippen molar-refractivity contribution in [3.05, 3.63) is 34.6 Å². The zero-order valence-corrected chi connectivity index (χ0v) is 9.35. The Labute approximate surface area is 101 Å². The van der Waals surface area contributed by atoms with Gasteiger partial charge in [-0.3, -0.25) is 4.79 Å². The Balaban J connectivity index is 3.33. The average molecular weight is 264 g/mol. The molecule has 0 saturated heterocycles. The number of nitrogens with two attached hydrogens (primary N) is 2. The highest BCUT2D eigenvalue weighted by atomic mass is 19.4. The molecule has 0 aromatic heterocycles. The van der Waals surface area contributed by atoms with Crippen molar-refractivity contribution >= 4 is 5.91 Å². The van der Waals surface area contributed by atoms with E-state index in [2.05, 4.69) is 0 Å². The molecule has 1 rings (SSSR count). The summed E-state index contributed by atoms with van der Waals surface area (Å²) in [7, 11) is 0. The van der Waals surface area contributed by atoms with Gasteiger partial charge in [0.15, 0.2) is 0 Å². The van der Waals surface area contributed by atoms with Gasteiger partial charge in [0.05, 0.1) is 11.1 Å². The van der Waals surface area contributed by atoms with Crippen molar-refractivity contribution in [1.29, 1.82) is 0 Å². The van der Waals surface area contributed by atoms with Crippen LogP contribution in [0.15, 0.2) is 12.1 Å². The Bertz CT molecular complexity index is 457. The van der Waals surface area contributed by atoms with Gasteiger partial charge < -0.3 is 11.5 Å². The molecule has 0 fully saturated rings. The summed E-state index contributed by atoms with van der Waals surface area (Å²) in [5.41, 5.74) is 8.11. The van der Waals surface area contributed by atoms with Crippen molar-refractivity contribution in [2.75, 3.05) is 6.54 Å². The molecule has 0 bridgehead atoms. The van der Waals surface area contributed by atoms with Crippen LogP contribution in [0.1, 0.15) is 27.9 Å². The van der Waals surface area contributed by atoms with E-state index in [0.29, 0.717) is 12.5 Å². The maximum absolute atomic E-state index is 13.7. The fourth-order valence-electron chi connectivity index (χ4n) is 1.60. The molecule has 0 aliphatic heterocycles. The van der Waals surface area contributed by atoms with Gasteiger partial charge in [-0.25, -0.2) is 4.39 Å². The summed E-state index contributed by atoms with van der Waals surface area (Å²) in [6, 6.07) is 1.66. The summed E-state index contributed by atoms with van der Waals surface area (Å²) in [6.45, 7) is 0.279. The standard InChI is InChI=1S/C11H12F4N2O/c12-9-7(11(13,14)15)4-3-6(2-1-5-16)8(9)10(17)18/h3-4H,1-2,5,16H2,(H2,17,18). The molecule has 0 unspecified atom stereocenters. The van der Waals surface area contributed by atoms with Crippen molar-refractivity contribution in [3.8, 4) is 0 Å². The Morgan fingerprint density at radius 1 is 1.28 bits per heavy atom. The van der Waals surface area contributed by atoms with E-state index in [0.717, 1.165) is 6.07 Å². The number of carbonyl (C=O) groups excluding carboxylic acids is 1. The highest BCUT2D eigenvalue weighted by molar-refractivity contribution is 5.95. The Kier molecular flexibility index (Phi) is 4.28. The first kappa shape index (κ1) is 14.4. The summed E-state index contributed by atoms with van der Waals surface area (Å²) in [5, 5.41) is 0. The smallest absolute Gasteiger partial charge is 0.365 e. The van der Waals surface area contributed by atoms with E-state index in [1.54, 1.807) is 0 Å². The van der Waals surface area contributed by atoms with Crippen LogP contribution in [0.4, 0.5) is 17.6 Å². The molecule has 0 spiro atoms. The third kappa shape index (κ3) is 2.98. The lowest BCUT2D eigenvalue weighted by molar-refractivity contribution is -0.140. The van der Waals surface area contributed by atoms with Crippen molar-refractivity contribution in [3.63, 3.8) is 0 Å². The van der Waals surface area contributed by atoms with Crippen LogP contribution in [0.5, 0.6) is 0 Å². The van der Waals surface area contributed by atoms with E-state index in [1.807, 2.05) is 0 Å². The van der Waals surface area contributed by atoms with Gasteiger partial charge in [-0.2, -0.15) is 13.2 Å². The molecule has 0 saturated carbocycles. The number of primary amides is 1. The quantitative estimate of drug-likeness (QED) is 0.814. The molecule has 1 aromatic carbocycles. The Morgan fingerprint density at radius 2 is 1.89 bits per heavy atom. The van der Waals surface area contributed by atoms with Gasteiger partial charge in [-0.05, 0) is 31.0 Å². The Morgan fingerprint density at radius 3 is 2.33 bits per heavy atom. The lowest BCUT2D eigenvalue weighted by Gasteiger charge is -2.13. The predicted octanol–water partition coefficient (Wildman–Crippen LogP) is 1.83. The van der Waals surface area contributed by atoms with Gasteiger partial charge in [0.25, 0.3) is 5.91 Å². The maximum Gasteiger partial charge on any atom is 0.419 e. The number of rotatable bonds is 4. The van der Waals surface area contributed by atoms with Crippen LogP contribution in [0, 0.1) is 5.82 Å². The van der Waals surface area contributed by atoms with Crippen LogP contribution in [0.2, 0.25) is 0 Å². The van der Waals surface area contributed by atoms with E-state index in [1.165, 1.54) is 0 Å². The topological polar surface area (TPSA) is 69.1 Å². The van der Waals surface area contributed by atoms with Crippen molar-refractivity contribution in [2.45, 2.75) is 19.0 Å². The van der Waals surface area contributed by atoms with Crippen LogP contribution in [0.3, 0.4) is 0 Å². The third-order valence-corrected chi connectivity index (χ3v) is 2.43. The van der Waals surface area contributed by atoms with Crippen molar-refractivity contribution < 1.29 is 22.4 Å². The maximum atomic E-state index is 13.7. The number of halogens is 4. The minimum absolute atomic E-state index is 0.137. The minimum Gasteiger partial charge on any atom is -0.365 e. The van der Waals surface area contributed by atoms with Gasteiger partial charge in [-0.15, -0.1) is 0 Å². The highest BCUT2D eigenvalue weighted by Crippen LogP contribution is 2.33. The van der Waals surface area contributed by atoms with E-state index >= 15 is 0 Å². The summed E-state index contributed by atoms with van der Waals surface area (Å²) < 4.78 is 51.0. The zero-order valence-electron chi connectivity index (χ0n) is 9.35. The summed E-state index contributed by atoms with van der Waals surface area (Å²) in [4.78, 5) is 11.1. The monoisotopic (exact) mass is 264 g/mol. The SMILES string of the molecule is NCCCc1ccc(C(F)(F)F)c(F)c1C(N)=O. The van der Waals surface area contributed by atoms with Gasteiger partial charge in [0.1, 0.15) is 5.82 Å². The van der Waals surface area contributed by atoms with Gasteiger partial charge >= 0.3 is 6.18 Å². The molecular weight excluding hydrogens is 252 g/mol. The van der Waals surface area contributed by atoms with Crippen LogP contribution in [0.25, 0.3) is 0 Å². The number of hydrogen-bond donors (Lipinski definition) is 2. The summed E-state index contributed by atoms with van der Waals surface area (Å²) >= 11 is 0. The first-order valence-electron chi connectivity index (χ1n) is 5.17. The van der Waals surface area contributed by atoms with Crippen LogP contribution >= 0.6 is 0 Å². The molecule has 1 aromatic rings. The zero-order chi connectivity index (χ0) is 13.9. The molecule has 7 heteroatoms. The molecule has 100 valence electrons. The van der Waals surface area contributed by atoms with Crippen molar-refractivity contribution in [2.24, 2.45) is 11.5 Å². The average Bonchev–Trinajstić information content (AvgIpc) is 2.23. The number of aryl methyl sites for hydroxylation is 1. The molecule has 3 nitrogen and oxygen atoms in total. The molecule has 0 aliphatic carbocycles. The molecule has 4 N–H and O–H groups in total. The van der Waals surface area contributed by atoms with Crippen LogP contribution < -0.4 is 11.5 Å². The molecule has 0 atom stereocenters. The predicted molar refractivity (Wildman–Crippen MR) is 57.3 cm³/mol. The van der Waals surface area contributed by atoms with E-state index in [9.17, 15) is 22.4 Å². The van der Waals surface area contributed by atoms with Crippen LogP contribution in [-0.4, -0.2) is 12.5 Å². The first-order valence-corrected chi connectivity index (χ1v) is 5.17. The second-order valence-corrected chi connectivity index (χ2v) is 3.72. The number of hydrogen-bond acceptors (Lipinski definition) is 2. The third-order valence-electron chi connectivity index (χ3n) is 2.43. The largest absolute Gasteiger partial charge is 0.419 e. The first-order chi connectivity index (χ1) is 8.29. The fourth-order valence-corrected chi connectivity index (χ4v) is 1.60. The molecular formula is C11H12F4N2O. The lowest BCUT2D eigenvalue weighted by atomic mass is 9.98. The number of amides is 1. The van der Waals surface area contributed by atoms with E-state index in [-0.39, 0.29) is 18.5 Å². The van der Waals surface area contributed by atoms with Gasteiger partial charge in [0.2, 0.25) is 0 Å². The minimum atomic E-state index is -4.86. The normalized spacial score (nSPS) is 11.6. The molecule has 0 heterocycles. The van der Waals surface area contributed by atoms with Gasteiger partial charge in [-0.1, -0.05) is 6.07 Å². The molecule has 0 aliphatic rings. The molecule has 1 amide bonds. The van der Waals surface area contributed by atoms with Crippen molar-refractivity contribution in [1.82, 2.24) is 0 Å². The second-order valence-electron chi connectivity index (χ2n) is 3.72. The Hall–Kier alpha value is -1.63. The second kappa shape index (κ2) is 5.34. The number of alkyl halides is 3. The highest BCUT2D eigenvalue weighted by Gasteiger charge is 2.36. The molecule has 18 heavy (non-hydrogen) atoms. The summed E-state index contributed by atoms with van der Waals surface area (Å²) in [5.74, 6) is -2.84. The fraction of sp³-hybridized carbons (Fsp3) is 0.364. The van der Waals surface area contributed by atoms with Crippen LogP contribution in [-0.2, 0) is 12.6 Å². The van der Waals surface area contributed by atoms with E-state index in [4.69, 9.17) is 11.5 Å². The summed E-state index contributed by atoms with van der Waals surface area (Å²) in [6.07, 6.45) is -4.24. The lowest BCUT2D eigenvalue weighted by Crippen LogP contribution is -2.20. The number of carbonyl (C=O) groups is 1. The number of benzene rings is 1. The molecule has 0 radical (unpaired) electrons. The van der Waals surface area contributed by atoms with Gasteiger partial charge in [0, 0.05) is 0 Å².